The van der Waals surface area contributed by atoms with Crippen molar-refractivity contribution < 1.29 is 10.2 Å². The van der Waals surface area contributed by atoms with E-state index < -0.39 is 0 Å². The number of hydrogen-bond donors (Lipinski definition) is 2. The summed E-state index contributed by atoms with van der Waals surface area (Å²) in [7, 11) is 0. The molecule has 0 saturated carbocycles. The maximum atomic E-state index is 10.0. The lowest BCUT2D eigenvalue weighted by atomic mass is 10.00. The smallest absolute Gasteiger partial charge is 0.0541 e. The van der Waals surface area contributed by atoms with E-state index in [9.17, 15) is 10.2 Å². The van der Waals surface area contributed by atoms with Crippen molar-refractivity contribution in [3.8, 4) is 0 Å². The van der Waals surface area contributed by atoms with Gasteiger partial charge in [0.25, 0.3) is 0 Å². The summed E-state index contributed by atoms with van der Waals surface area (Å²) in [6.45, 7) is 4.49. The van der Waals surface area contributed by atoms with Crippen LogP contribution in [-0.2, 0) is 0 Å². The zero-order valence-electron chi connectivity index (χ0n) is 16.8. The zero-order chi connectivity index (χ0) is 17.9. The number of hydrogen-bond acceptors (Lipinski definition) is 2. The second-order valence-corrected chi connectivity index (χ2v) is 7.70. The lowest BCUT2D eigenvalue weighted by Crippen LogP contribution is -2.13. The first-order chi connectivity index (χ1) is 11.7. The van der Waals surface area contributed by atoms with Crippen molar-refractivity contribution in [2.24, 2.45) is 0 Å². The molecule has 2 heteroatoms. The molecular formula is C22H46O2. The van der Waals surface area contributed by atoms with Crippen LogP contribution in [0.25, 0.3) is 0 Å². The predicted molar refractivity (Wildman–Crippen MR) is 106 cm³/mol. The molecule has 0 saturated heterocycles. The SMILES string of the molecule is CCCCCCCCCCC[C@H](O)CC[C@@H](O)CCCCCCC. The highest BCUT2D eigenvalue weighted by Crippen LogP contribution is 2.15. The molecule has 0 aromatic carbocycles. The van der Waals surface area contributed by atoms with E-state index in [1.807, 2.05) is 0 Å². The Morgan fingerprint density at radius 2 is 0.708 bits per heavy atom. The van der Waals surface area contributed by atoms with Gasteiger partial charge >= 0.3 is 0 Å². The van der Waals surface area contributed by atoms with Gasteiger partial charge in [-0.05, 0) is 25.7 Å². The number of unbranched alkanes of at least 4 members (excludes halogenated alkanes) is 12. The van der Waals surface area contributed by atoms with Crippen molar-refractivity contribution in [3.63, 3.8) is 0 Å². The van der Waals surface area contributed by atoms with Crippen LogP contribution in [0.15, 0.2) is 0 Å². The quantitative estimate of drug-likeness (QED) is 0.254. The molecule has 2 N–H and O–H groups in total. The van der Waals surface area contributed by atoms with Gasteiger partial charge in [0.05, 0.1) is 12.2 Å². The lowest BCUT2D eigenvalue weighted by Gasteiger charge is -2.14. The van der Waals surface area contributed by atoms with Gasteiger partial charge < -0.3 is 10.2 Å². The molecule has 0 aliphatic rings. The lowest BCUT2D eigenvalue weighted by molar-refractivity contribution is 0.101. The van der Waals surface area contributed by atoms with Gasteiger partial charge in [-0.25, -0.2) is 0 Å². The largest absolute Gasteiger partial charge is 0.393 e. The summed E-state index contributed by atoms with van der Waals surface area (Å²) in [5, 5.41) is 20.0. The Hall–Kier alpha value is -0.0800. The Balaban J connectivity index is 3.29. The predicted octanol–water partition coefficient (Wildman–Crippen LogP) is 6.77. The monoisotopic (exact) mass is 342 g/mol. The third kappa shape index (κ3) is 18.3. The summed E-state index contributed by atoms with van der Waals surface area (Å²) in [5.41, 5.74) is 0. The van der Waals surface area contributed by atoms with E-state index in [2.05, 4.69) is 13.8 Å². The fourth-order valence-electron chi connectivity index (χ4n) is 3.35. The maximum absolute atomic E-state index is 10.0. The average Bonchev–Trinajstić information content (AvgIpc) is 2.58. The molecule has 0 aliphatic heterocycles. The average molecular weight is 343 g/mol. The summed E-state index contributed by atoms with van der Waals surface area (Å²) in [6.07, 6.45) is 21.2. The minimum atomic E-state index is -0.204. The van der Waals surface area contributed by atoms with E-state index in [0.717, 1.165) is 38.5 Å². The minimum absolute atomic E-state index is 0.204. The highest BCUT2D eigenvalue weighted by Gasteiger charge is 2.09. The first kappa shape index (κ1) is 23.9. The van der Waals surface area contributed by atoms with Crippen LogP contribution in [0.5, 0.6) is 0 Å². The van der Waals surface area contributed by atoms with Crippen molar-refractivity contribution in [1.82, 2.24) is 0 Å². The summed E-state index contributed by atoms with van der Waals surface area (Å²) in [6, 6.07) is 0. The molecule has 0 radical (unpaired) electrons. The van der Waals surface area contributed by atoms with Crippen LogP contribution >= 0.6 is 0 Å². The molecule has 2 atom stereocenters. The van der Waals surface area contributed by atoms with Crippen molar-refractivity contribution in [1.29, 1.82) is 0 Å². The minimum Gasteiger partial charge on any atom is -0.393 e. The van der Waals surface area contributed by atoms with Gasteiger partial charge in [0.2, 0.25) is 0 Å². The molecule has 2 nitrogen and oxygen atoms in total. The van der Waals surface area contributed by atoms with E-state index in [1.54, 1.807) is 0 Å². The van der Waals surface area contributed by atoms with Crippen LogP contribution in [0, 0.1) is 0 Å². The van der Waals surface area contributed by atoms with Gasteiger partial charge in [0.1, 0.15) is 0 Å². The second kappa shape index (κ2) is 19.2. The van der Waals surface area contributed by atoms with Crippen LogP contribution in [0.2, 0.25) is 0 Å². The van der Waals surface area contributed by atoms with Gasteiger partial charge in [-0.15, -0.1) is 0 Å². The van der Waals surface area contributed by atoms with E-state index in [-0.39, 0.29) is 12.2 Å². The molecular weight excluding hydrogens is 296 g/mol. The Bertz CT molecular complexity index is 230. The van der Waals surface area contributed by atoms with Crippen molar-refractivity contribution in [2.45, 2.75) is 142 Å². The molecule has 0 amide bonds. The molecule has 0 rings (SSSR count). The standard InChI is InChI=1S/C22H46O2/c1-3-5-7-9-10-11-12-14-16-18-22(24)20-19-21(23)17-15-13-8-6-4-2/h21-24H,3-20H2,1-2H3/t21-,22-/m0/s1. The first-order valence-corrected chi connectivity index (χ1v) is 11.1. The first-order valence-electron chi connectivity index (χ1n) is 11.1. The van der Waals surface area contributed by atoms with Crippen LogP contribution in [0.3, 0.4) is 0 Å². The van der Waals surface area contributed by atoms with Crippen LogP contribution in [0.4, 0.5) is 0 Å². The van der Waals surface area contributed by atoms with Gasteiger partial charge in [-0.3, -0.25) is 0 Å². The van der Waals surface area contributed by atoms with E-state index >= 15 is 0 Å². The molecule has 0 heterocycles. The maximum Gasteiger partial charge on any atom is 0.0541 e. The van der Waals surface area contributed by atoms with Gasteiger partial charge in [-0.1, -0.05) is 104 Å². The second-order valence-electron chi connectivity index (χ2n) is 7.70. The summed E-state index contributed by atoms with van der Waals surface area (Å²) >= 11 is 0. The zero-order valence-corrected chi connectivity index (χ0v) is 16.8. The normalized spacial score (nSPS) is 14.0. The molecule has 0 aromatic heterocycles. The molecule has 0 aromatic rings. The van der Waals surface area contributed by atoms with Gasteiger partial charge in [0.15, 0.2) is 0 Å². The highest BCUT2D eigenvalue weighted by molar-refractivity contribution is 4.62. The fourth-order valence-corrected chi connectivity index (χ4v) is 3.35. The van der Waals surface area contributed by atoms with Crippen molar-refractivity contribution in [3.05, 3.63) is 0 Å². The molecule has 0 fully saturated rings. The fraction of sp³-hybridized carbons (Fsp3) is 1.00. The highest BCUT2D eigenvalue weighted by atomic mass is 16.3. The van der Waals surface area contributed by atoms with Crippen LogP contribution < -0.4 is 0 Å². The number of aliphatic hydroxyl groups excluding tert-OH is 2. The topological polar surface area (TPSA) is 40.5 Å². The molecule has 0 spiro atoms. The number of rotatable bonds is 19. The van der Waals surface area contributed by atoms with E-state index in [1.165, 1.54) is 77.0 Å². The van der Waals surface area contributed by atoms with E-state index in [0.29, 0.717) is 0 Å². The Labute approximate surface area is 152 Å². The molecule has 146 valence electrons. The third-order valence-corrected chi connectivity index (χ3v) is 5.11. The Kier molecular flexibility index (Phi) is 19.2. The molecule has 0 aliphatic carbocycles. The van der Waals surface area contributed by atoms with Gasteiger partial charge in [0, 0.05) is 0 Å². The summed E-state index contributed by atoms with van der Waals surface area (Å²) < 4.78 is 0. The van der Waals surface area contributed by atoms with Crippen LogP contribution in [-0.4, -0.2) is 22.4 Å². The molecule has 24 heavy (non-hydrogen) atoms. The van der Waals surface area contributed by atoms with Gasteiger partial charge in [-0.2, -0.15) is 0 Å². The van der Waals surface area contributed by atoms with Crippen molar-refractivity contribution in [2.75, 3.05) is 0 Å². The van der Waals surface area contributed by atoms with Crippen LogP contribution in [0.1, 0.15) is 129 Å². The number of aliphatic hydroxyl groups is 2. The Morgan fingerprint density at radius 1 is 0.417 bits per heavy atom. The summed E-state index contributed by atoms with van der Waals surface area (Å²) in [4.78, 5) is 0. The third-order valence-electron chi connectivity index (χ3n) is 5.11. The Morgan fingerprint density at radius 3 is 1.04 bits per heavy atom. The van der Waals surface area contributed by atoms with Crippen molar-refractivity contribution >= 4 is 0 Å². The molecule has 0 bridgehead atoms. The van der Waals surface area contributed by atoms with E-state index in [4.69, 9.17) is 0 Å². The summed E-state index contributed by atoms with van der Waals surface area (Å²) in [5.74, 6) is 0. The molecule has 0 unspecified atom stereocenters.